The Morgan fingerprint density at radius 2 is 1.92 bits per heavy atom. The Hall–Kier alpha value is -3.15. The summed E-state index contributed by atoms with van der Waals surface area (Å²) in [6.07, 6.45) is 1.96. The molecule has 5 nitrogen and oxygen atoms in total. The van der Waals surface area contributed by atoms with E-state index in [4.69, 9.17) is 4.74 Å². The quantitative estimate of drug-likeness (QED) is 0.702. The topological polar surface area (TPSA) is 71.2 Å². The summed E-state index contributed by atoms with van der Waals surface area (Å²) in [7, 11) is 1.26. The molecule has 2 N–H and O–H groups in total. The Kier molecular flexibility index (Phi) is 4.79. The summed E-state index contributed by atoms with van der Waals surface area (Å²) < 4.78 is 17.8. The molecule has 1 atom stereocenters. The summed E-state index contributed by atoms with van der Waals surface area (Å²) in [5.41, 5.74) is 1.86. The number of esters is 1. The van der Waals surface area contributed by atoms with Gasteiger partial charge >= 0.3 is 5.97 Å². The van der Waals surface area contributed by atoms with Crippen molar-refractivity contribution >= 4 is 22.8 Å². The van der Waals surface area contributed by atoms with Crippen molar-refractivity contribution in [3.63, 3.8) is 0 Å². The molecule has 3 rings (SSSR count). The number of nitrogens with one attached hydrogen (secondary N) is 2. The van der Waals surface area contributed by atoms with Crippen molar-refractivity contribution in [1.82, 2.24) is 10.3 Å². The number of aromatic nitrogens is 1. The monoisotopic (exact) mass is 340 g/mol. The third-order valence-corrected chi connectivity index (χ3v) is 3.98. The van der Waals surface area contributed by atoms with Crippen molar-refractivity contribution in [3.8, 4) is 0 Å². The first-order valence-corrected chi connectivity index (χ1v) is 7.77. The minimum absolute atomic E-state index is 0.208. The van der Waals surface area contributed by atoms with Crippen molar-refractivity contribution in [2.75, 3.05) is 7.11 Å². The average molecular weight is 340 g/mol. The summed E-state index contributed by atoms with van der Waals surface area (Å²) in [5, 5.41) is 3.61. The lowest BCUT2D eigenvalue weighted by molar-refractivity contribution is -0.142. The summed E-state index contributed by atoms with van der Waals surface area (Å²) in [4.78, 5) is 27.7. The summed E-state index contributed by atoms with van der Waals surface area (Å²) in [6.45, 7) is 0. The number of ether oxygens (including phenoxy) is 1. The number of halogens is 1. The molecule has 6 heteroatoms. The Balaban J connectivity index is 1.82. The molecular weight excluding hydrogens is 323 g/mol. The molecule has 128 valence electrons. The van der Waals surface area contributed by atoms with E-state index in [0.29, 0.717) is 11.1 Å². The highest BCUT2D eigenvalue weighted by Gasteiger charge is 2.23. The van der Waals surface area contributed by atoms with E-state index in [1.807, 2.05) is 12.1 Å². The first-order valence-electron chi connectivity index (χ1n) is 7.77. The van der Waals surface area contributed by atoms with Gasteiger partial charge in [0.15, 0.2) is 0 Å². The molecule has 0 unspecified atom stereocenters. The van der Waals surface area contributed by atoms with E-state index in [0.717, 1.165) is 10.9 Å². The number of methoxy groups -OCH3 is 1. The maximum atomic E-state index is 13.0. The van der Waals surface area contributed by atoms with Gasteiger partial charge in [-0.05, 0) is 29.8 Å². The smallest absolute Gasteiger partial charge is 0.328 e. The van der Waals surface area contributed by atoms with Crippen LogP contribution in [-0.2, 0) is 16.0 Å². The van der Waals surface area contributed by atoms with Crippen molar-refractivity contribution in [3.05, 3.63) is 71.7 Å². The lowest BCUT2D eigenvalue weighted by atomic mass is 10.0. The van der Waals surface area contributed by atoms with Gasteiger partial charge in [-0.2, -0.15) is 0 Å². The number of para-hydroxylation sites is 1. The molecule has 1 heterocycles. The van der Waals surface area contributed by atoms with Gasteiger partial charge in [0.2, 0.25) is 0 Å². The van der Waals surface area contributed by atoms with E-state index >= 15 is 0 Å². The number of aromatic amines is 1. The third-order valence-electron chi connectivity index (χ3n) is 3.98. The molecule has 0 radical (unpaired) electrons. The van der Waals surface area contributed by atoms with Crippen molar-refractivity contribution < 1.29 is 18.7 Å². The molecule has 0 aliphatic heterocycles. The number of benzene rings is 2. The van der Waals surface area contributed by atoms with Crippen LogP contribution in [0.4, 0.5) is 4.39 Å². The van der Waals surface area contributed by atoms with Crippen LogP contribution in [-0.4, -0.2) is 30.0 Å². The SMILES string of the molecule is COC(=O)[C@H](Cc1ccc(F)cc1)NC(=O)c1cccc2cc[nH]c12. The second-order valence-electron chi connectivity index (χ2n) is 5.63. The summed E-state index contributed by atoms with van der Waals surface area (Å²) in [5.74, 6) is -1.30. The second kappa shape index (κ2) is 7.17. The zero-order chi connectivity index (χ0) is 17.8. The van der Waals surface area contributed by atoms with Gasteiger partial charge < -0.3 is 15.0 Å². The van der Waals surface area contributed by atoms with Gasteiger partial charge in [-0.3, -0.25) is 4.79 Å². The predicted molar refractivity (Wildman–Crippen MR) is 91.7 cm³/mol. The molecule has 25 heavy (non-hydrogen) atoms. The molecule has 2 aromatic carbocycles. The minimum atomic E-state index is -0.867. The fourth-order valence-corrected chi connectivity index (χ4v) is 2.70. The van der Waals surface area contributed by atoms with Gasteiger partial charge in [-0.25, -0.2) is 9.18 Å². The van der Waals surface area contributed by atoms with Crippen LogP contribution in [0, 0.1) is 5.82 Å². The van der Waals surface area contributed by atoms with Gasteiger partial charge in [0.05, 0.1) is 18.2 Å². The molecule has 0 aliphatic rings. The van der Waals surface area contributed by atoms with E-state index in [-0.39, 0.29) is 18.1 Å². The Labute approximate surface area is 143 Å². The van der Waals surface area contributed by atoms with Crippen LogP contribution in [0.1, 0.15) is 15.9 Å². The standard InChI is InChI=1S/C19H17FN2O3/c1-25-19(24)16(11-12-5-7-14(20)8-6-12)22-18(23)15-4-2-3-13-9-10-21-17(13)15/h2-10,16,21H,11H2,1H3,(H,22,23)/t16-/m0/s1. The average Bonchev–Trinajstić information content (AvgIpc) is 3.10. The largest absolute Gasteiger partial charge is 0.467 e. The van der Waals surface area contributed by atoms with Crippen LogP contribution >= 0.6 is 0 Å². The number of carbonyl (C=O) groups is 2. The van der Waals surface area contributed by atoms with Crippen LogP contribution in [0.25, 0.3) is 10.9 Å². The zero-order valence-electron chi connectivity index (χ0n) is 13.6. The molecule has 1 aromatic heterocycles. The second-order valence-corrected chi connectivity index (χ2v) is 5.63. The maximum Gasteiger partial charge on any atom is 0.328 e. The van der Waals surface area contributed by atoms with E-state index < -0.39 is 12.0 Å². The Morgan fingerprint density at radius 3 is 2.64 bits per heavy atom. The molecule has 0 fully saturated rings. The molecule has 0 saturated heterocycles. The molecule has 0 bridgehead atoms. The zero-order valence-corrected chi connectivity index (χ0v) is 13.6. The lowest BCUT2D eigenvalue weighted by Gasteiger charge is -2.17. The van der Waals surface area contributed by atoms with E-state index in [1.54, 1.807) is 30.5 Å². The molecule has 0 spiro atoms. The maximum absolute atomic E-state index is 13.0. The fraction of sp³-hybridized carbons (Fsp3) is 0.158. The van der Waals surface area contributed by atoms with Gasteiger partial charge in [0.25, 0.3) is 5.91 Å². The van der Waals surface area contributed by atoms with E-state index in [2.05, 4.69) is 10.3 Å². The Morgan fingerprint density at radius 1 is 1.16 bits per heavy atom. The van der Waals surface area contributed by atoms with Crippen LogP contribution in [0.5, 0.6) is 0 Å². The van der Waals surface area contributed by atoms with Crippen LogP contribution < -0.4 is 5.32 Å². The molecule has 0 saturated carbocycles. The minimum Gasteiger partial charge on any atom is -0.467 e. The van der Waals surface area contributed by atoms with E-state index in [1.165, 1.54) is 19.2 Å². The molecule has 1 amide bonds. The van der Waals surface area contributed by atoms with E-state index in [9.17, 15) is 14.0 Å². The first kappa shape index (κ1) is 16.7. The van der Waals surface area contributed by atoms with Gasteiger partial charge in [-0.15, -0.1) is 0 Å². The third kappa shape index (κ3) is 3.68. The predicted octanol–water partition coefficient (Wildman–Crippen LogP) is 2.82. The van der Waals surface area contributed by atoms with Crippen LogP contribution in [0.15, 0.2) is 54.7 Å². The van der Waals surface area contributed by atoms with Crippen LogP contribution in [0.3, 0.4) is 0 Å². The van der Waals surface area contributed by atoms with Crippen LogP contribution in [0.2, 0.25) is 0 Å². The van der Waals surface area contributed by atoms with Gasteiger partial charge in [0.1, 0.15) is 11.9 Å². The Bertz CT molecular complexity index is 902. The highest BCUT2D eigenvalue weighted by Crippen LogP contribution is 2.17. The summed E-state index contributed by atoms with van der Waals surface area (Å²) >= 11 is 0. The molecular formula is C19H17FN2O3. The number of carbonyl (C=O) groups excluding carboxylic acids is 2. The number of hydrogen-bond donors (Lipinski definition) is 2. The number of fused-ring (bicyclic) bond motifs is 1. The number of hydrogen-bond acceptors (Lipinski definition) is 3. The van der Waals surface area contributed by atoms with Crippen molar-refractivity contribution in [2.45, 2.75) is 12.5 Å². The summed E-state index contributed by atoms with van der Waals surface area (Å²) in [6, 6.07) is 12.1. The highest BCUT2D eigenvalue weighted by molar-refractivity contribution is 6.06. The number of amides is 1. The fourth-order valence-electron chi connectivity index (χ4n) is 2.70. The first-order chi connectivity index (χ1) is 12.1. The number of rotatable bonds is 5. The van der Waals surface area contributed by atoms with Gasteiger partial charge in [-0.1, -0.05) is 24.3 Å². The van der Waals surface area contributed by atoms with Gasteiger partial charge in [0, 0.05) is 18.0 Å². The normalized spacial score (nSPS) is 11.9. The lowest BCUT2D eigenvalue weighted by Crippen LogP contribution is -2.43. The number of H-pyrrole nitrogens is 1. The highest BCUT2D eigenvalue weighted by atomic mass is 19.1. The van der Waals surface area contributed by atoms with Crippen molar-refractivity contribution in [2.24, 2.45) is 0 Å². The molecule has 0 aliphatic carbocycles. The van der Waals surface area contributed by atoms with Crippen molar-refractivity contribution in [1.29, 1.82) is 0 Å². The molecule has 3 aromatic rings.